The number of nitrogens with zero attached hydrogens (tertiary/aromatic N) is 1. The summed E-state index contributed by atoms with van der Waals surface area (Å²) >= 11 is 1.88. The van der Waals surface area contributed by atoms with Gasteiger partial charge in [-0.05, 0) is 58.5 Å². The maximum absolute atomic E-state index is 2.45. The Kier molecular flexibility index (Phi) is 4.16. The summed E-state index contributed by atoms with van der Waals surface area (Å²) in [5, 5.41) is 5.27. The quantitative estimate of drug-likeness (QED) is 0.240. The van der Waals surface area contributed by atoms with Gasteiger partial charge in [-0.1, -0.05) is 91.0 Å². The number of fused-ring (bicyclic) bond motifs is 5. The molecule has 0 fully saturated rings. The molecule has 0 aliphatic carbocycles. The predicted molar refractivity (Wildman–Crippen MR) is 156 cm³/mol. The first kappa shape index (κ1) is 19.9. The standard InChI is InChI=1S/C34H21NS/c1-2-8-22(9-3-1)23-16-18-25(19-17-23)35-30-14-7-11-24-10-6-13-27(34(24)30)28-20-29-26-12-4-5-15-32(26)36-33(29)21-31(28)35/h1-21H. The van der Waals surface area contributed by atoms with Gasteiger partial charge >= 0.3 is 0 Å². The number of hydrogen-bond donors (Lipinski definition) is 0. The van der Waals surface area contributed by atoms with Gasteiger partial charge in [0.2, 0.25) is 0 Å². The monoisotopic (exact) mass is 475 g/mol. The molecule has 36 heavy (non-hydrogen) atoms. The Balaban J connectivity index is 1.41. The van der Waals surface area contributed by atoms with Gasteiger partial charge in [-0.2, -0.15) is 0 Å². The predicted octanol–water partition coefficient (Wildman–Crippen LogP) is 10.3. The van der Waals surface area contributed by atoms with E-state index in [9.17, 15) is 0 Å². The third kappa shape index (κ3) is 2.82. The largest absolute Gasteiger partial charge is 0.309 e. The molecule has 168 valence electrons. The first-order chi connectivity index (χ1) is 17.8. The fraction of sp³-hybridized carbons (Fsp3) is 0. The molecule has 6 aromatic carbocycles. The smallest absolute Gasteiger partial charge is 0.0555 e. The van der Waals surface area contributed by atoms with Crippen molar-refractivity contribution < 1.29 is 0 Å². The lowest BCUT2D eigenvalue weighted by Gasteiger charge is -2.33. The lowest BCUT2D eigenvalue weighted by molar-refractivity contribution is 1.29. The van der Waals surface area contributed by atoms with Crippen LogP contribution in [-0.2, 0) is 0 Å². The van der Waals surface area contributed by atoms with E-state index in [1.165, 1.54) is 70.3 Å². The lowest BCUT2D eigenvalue weighted by Crippen LogP contribution is -2.14. The van der Waals surface area contributed by atoms with Crippen LogP contribution in [0, 0.1) is 0 Å². The van der Waals surface area contributed by atoms with E-state index in [2.05, 4.69) is 132 Å². The highest BCUT2D eigenvalue weighted by Gasteiger charge is 2.27. The Hall–Kier alpha value is -4.40. The Labute approximate surface area is 213 Å². The zero-order valence-corrected chi connectivity index (χ0v) is 20.3. The molecular weight excluding hydrogens is 454 g/mol. The van der Waals surface area contributed by atoms with E-state index >= 15 is 0 Å². The maximum Gasteiger partial charge on any atom is 0.0555 e. The summed E-state index contributed by atoms with van der Waals surface area (Å²) in [4.78, 5) is 2.45. The Morgan fingerprint density at radius 1 is 0.472 bits per heavy atom. The van der Waals surface area contributed by atoms with Gasteiger partial charge in [-0.25, -0.2) is 0 Å². The zero-order valence-electron chi connectivity index (χ0n) is 19.5. The Morgan fingerprint density at radius 2 is 1.22 bits per heavy atom. The molecule has 7 aromatic rings. The number of thiophene rings is 1. The molecular formula is C34H21NS. The molecule has 1 aliphatic rings. The minimum Gasteiger partial charge on any atom is -0.309 e. The first-order valence-corrected chi connectivity index (χ1v) is 13.1. The van der Waals surface area contributed by atoms with Gasteiger partial charge in [0.25, 0.3) is 0 Å². The van der Waals surface area contributed by atoms with Crippen molar-refractivity contribution >= 4 is 59.3 Å². The highest BCUT2D eigenvalue weighted by Crippen LogP contribution is 2.53. The fourth-order valence-electron chi connectivity index (χ4n) is 5.73. The van der Waals surface area contributed by atoms with Gasteiger partial charge in [0, 0.05) is 36.8 Å². The summed E-state index contributed by atoms with van der Waals surface area (Å²) in [6, 6.07) is 46.5. The van der Waals surface area contributed by atoms with Gasteiger partial charge in [0.05, 0.1) is 11.4 Å². The van der Waals surface area contributed by atoms with E-state index in [0.717, 1.165) is 0 Å². The molecule has 0 saturated heterocycles. The third-order valence-corrected chi connectivity index (χ3v) is 8.52. The zero-order chi connectivity index (χ0) is 23.6. The van der Waals surface area contributed by atoms with E-state index in [4.69, 9.17) is 0 Å². The molecule has 1 aromatic heterocycles. The van der Waals surface area contributed by atoms with Crippen molar-refractivity contribution in [1.82, 2.24) is 0 Å². The summed E-state index contributed by atoms with van der Waals surface area (Å²) in [6.07, 6.45) is 0. The van der Waals surface area contributed by atoms with E-state index in [-0.39, 0.29) is 0 Å². The van der Waals surface area contributed by atoms with Crippen molar-refractivity contribution in [3.63, 3.8) is 0 Å². The van der Waals surface area contributed by atoms with Crippen LogP contribution in [0.2, 0.25) is 0 Å². The van der Waals surface area contributed by atoms with Gasteiger partial charge in [-0.3, -0.25) is 0 Å². The second-order valence-electron chi connectivity index (χ2n) is 9.39. The van der Waals surface area contributed by atoms with Crippen LogP contribution < -0.4 is 4.90 Å². The molecule has 0 spiro atoms. The van der Waals surface area contributed by atoms with Crippen LogP contribution in [0.5, 0.6) is 0 Å². The second kappa shape index (κ2) is 7.55. The number of hydrogen-bond acceptors (Lipinski definition) is 2. The molecule has 0 amide bonds. The second-order valence-corrected chi connectivity index (χ2v) is 10.5. The molecule has 2 heteroatoms. The lowest BCUT2D eigenvalue weighted by atomic mass is 9.90. The summed E-state index contributed by atoms with van der Waals surface area (Å²) < 4.78 is 2.66. The third-order valence-electron chi connectivity index (χ3n) is 7.38. The van der Waals surface area contributed by atoms with Crippen molar-refractivity contribution in [3.8, 4) is 22.3 Å². The van der Waals surface area contributed by atoms with E-state index in [0.29, 0.717) is 0 Å². The van der Waals surface area contributed by atoms with Gasteiger partial charge in [0.1, 0.15) is 0 Å². The average molecular weight is 476 g/mol. The van der Waals surface area contributed by atoms with Gasteiger partial charge in [-0.15, -0.1) is 11.3 Å². The van der Waals surface area contributed by atoms with E-state index in [1.54, 1.807) is 0 Å². The topological polar surface area (TPSA) is 3.24 Å². The van der Waals surface area contributed by atoms with E-state index < -0.39 is 0 Å². The highest BCUT2D eigenvalue weighted by atomic mass is 32.1. The normalized spacial score (nSPS) is 12.4. The summed E-state index contributed by atoms with van der Waals surface area (Å²) in [7, 11) is 0. The van der Waals surface area contributed by atoms with Crippen LogP contribution in [0.25, 0.3) is 53.2 Å². The molecule has 0 bridgehead atoms. The molecule has 1 nitrogen and oxygen atoms in total. The number of anilines is 3. The van der Waals surface area contributed by atoms with Crippen molar-refractivity contribution in [1.29, 1.82) is 0 Å². The molecule has 1 aliphatic heterocycles. The van der Waals surface area contributed by atoms with Crippen molar-refractivity contribution in [2.24, 2.45) is 0 Å². The fourth-order valence-corrected chi connectivity index (χ4v) is 6.86. The molecule has 0 unspecified atom stereocenters. The van der Waals surface area contributed by atoms with Crippen LogP contribution in [0.1, 0.15) is 0 Å². The summed E-state index contributed by atoms with van der Waals surface area (Å²) in [5.74, 6) is 0. The van der Waals surface area contributed by atoms with Gasteiger partial charge < -0.3 is 4.90 Å². The molecule has 0 atom stereocenters. The van der Waals surface area contributed by atoms with Crippen LogP contribution in [0.15, 0.2) is 127 Å². The number of benzene rings is 6. The molecule has 8 rings (SSSR count). The van der Waals surface area contributed by atoms with Crippen molar-refractivity contribution in [2.45, 2.75) is 0 Å². The van der Waals surface area contributed by atoms with Crippen LogP contribution in [0.3, 0.4) is 0 Å². The highest BCUT2D eigenvalue weighted by molar-refractivity contribution is 7.25. The van der Waals surface area contributed by atoms with Gasteiger partial charge in [0.15, 0.2) is 0 Å². The molecule has 2 heterocycles. The Morgan fingerprint density at radius 3 is 2.08 bits per heavy atom. The molecule has 0 saturated carbocycles. The summed E-state index contributed by atoms with van der Waals surface area (Å²) in [6.45, 7) is 0. The van der Waals surface area contributed by atoms with E-state index in [1.807, 2.05) is 11.3 Å². The van der Waals surface area contributed by atoms with Crippen LogP contribution >= 0.6 is 11.3 Å². The minimum absolute atomic E-state index is 1.18. The SMILES string of the molecule is c1ccc(-c2ccc(N3c4cc5sc6ccccc6c5cc4-c4cccc5cccc3c45)cc2)cc1. The Bertz CT molecular complexity index is 1930. The summed E-state index contributed by atoms with van der Waals surface area (Å²) in [5.41, 5.74) is 8.74. The molecule has 0 N–H and O–H groups in total. The minimum atomic E-state index is 1.18. The average Bonchev–Trinajstić information content (AvgIpc) is 3.31. The molecule has 0 radical (unpaired) electrons. The maximum atomic E-state index is 2.45. The number of rotatable bonds is 2. The van der Waals surface area contributed by atoms with Crippen molar-refractivity contribution in [3.05, 3.63) is 127 Å². The van der Waals surface area contributed by atoms with Crippen LogP contribution in [0.4, 0.5) is 17.1 Å². The first-order valence-electron chi connectivity index (χ1n) is 12.3. The van der Waals surface area contributed by atoms with Crippen molar-refractivity contribution in [2.75, 3.05) is 4.90 Å². The van der Waals surface area contributed by atoms with Crippen LogP contribution in [-0.4, -0.2) is 0 Å².